The predicted molar refractivity (Wildman–Crippen MR) is 76.4 cm³/mol. The van der Waals surface area contributed by atoms with Crippen LogP contribution in [0, 0.1) is 5.92 Å². The molecule has 1 saturated carbocycles. The van der Waals surface area contributed by atoms with E-state index in [4.69, 9.17) is 10.5 Å². The van der Waals surface area contributed by atoms with Gasteiger partial charge in [0.05, 0.1) is 7.11 Å². The minimum Gasteiger partial charge on any atom is -0.504 e. The standard InChI is InChI=1S/C15H22N2O3/c1-20-14-7-2-10(8-13(14)18)9-17-12-5-3-11(4-6-12)15(16)19/h2,7-8,11-12,17-18H,3-6,9H2,1H3,(H2,16,19). The number of carbonyl (C=O) groups is 1. The molecule has 0 bridgehead atoms. The number of benzene rings is 1. The number of methoxy groups -OCH3 is 1. The summed E-state index contributed by atoms with van der Waals surface area (Å²) in [6.45, 7) is 0.698. The van der Waals surface area contributed by atoms with Crippen LogP contribution in [0.5, 0.6) is 11.5 Å². The maximum atomic E-state index is 11.1. The molecule has 0 radical (unpaired) electrons. The number of hydrogen-bond acceptors (Lipinski definition) is 4. The van der Waals surface area contributed by atoms with Crippen molar-refractivity contribution >= 4 is 5.91 Å². The minimum absolute atomic E-state index is 0.0399. The number of nitrogens with one attached hydrogen (secondary N) is 1. The van der Waals surface area contributed by atoms with E-state index in [1.807, 2.05) is 6.07 Å². The van der Waals surface area contributed by atoms with E-state index in [9.17, 15) is 9.90 Å². The Bertz CT molecular complexity index is 468. The molecule has 0 atom stereocenters. The Kier molecular flexibility index (Phi) is 4.84. The second kappa shape index (κ2) is 6.61. The van der Waals surface area contributed by atoms with E-state index in [0.29, 0.717) is 18.3 Å². The van der Waals surface area contributed by atoms with Gasteiger partial charge in [0.1, 0.15) is 0 Å². The average molecular weight is 278 g/mol. The molecule has 1 aromatic rings. The van der Waals surface area contributed by atoms with Crippen molar-refractivity contribution in [3.8, 4) is 11.5 Å². The molecule has 5 nitrogen and oxygen atoms in total. The first-order chi connectivity index (χ1) is 9.60. The second-order valence-electron chi connectivity index (χ2n) is 5.34. The highest BCUT2D eigenvalue weighted by molar-refractivity contribution is 5.76. The molecule has 1 aromatic carbocycles. The molecule has 5 heteroatoms. The Morgan fingerprint density at radius 2 is 2.10 bits per heavy atom. The van der Waals surface area contributed by atoms with Gasteiger partial charge in [-0.3, -0.25) is 4.79 Å². The monoisotopic (exact) mass is 278 g/mol. The van der Waals surface area contributed by atoms with Crippen LogP contribution in [0.2, 0.25) is 0 Å². The molecule has 0 aliphatic heterocycles. The van der Waals surface area contributed by atoms with Gasteiger partial charge in [-0.25, -0.2) is 0 Å². The van der Waals surface area contributed by atoms with Crippen LogP contribution < -0.4 is 15.8 Å². The molecule has 110 valence electrons. The first kappa shape index (κ1) is 14.7. The van der Waals surface area contributed by atoms with Crippen molar-refractivity contribution in [2.24, 2.45) is 11.7 Å². The van der Waals surface area contributed by atoms with E-state index in [1.54, 1.807) is 12.1 Å². The molecule has 0 saturated heterocycles. The first-order valence-corrected chi connectivity index (χ1v) is 6.98. The summed E-state index contributed by atoms with van der Waals surface area (Å²) in [7, 11) is 1.53. The molecule has 0 aromatic heterocycles. The molecule has 0 heterocycles. The van der Waals surface area contributed by atoms with Gasteiger partial charge in [0, 0.05) is 18.5 Å². The van der Waals surface area contributed by atoms with Crippen molar-refractivity contribution in [2.45, 2.75) is 38.3 Å². The Balaban J connectivity index is 1.81. The van der Waals surface area contributed by atoms with Crippen molar-refractivity contribution < 1.29 is 14.6 Å². The third kappa shape index (κ3) is 3.63. The lowest BCUT2D eigenvalue weighted by atomic mass is 9.85. The molecule has 1 aliphatic carbocycles. The highest BCUT2D eigenvalue weighted by atomic mass is 16.5. The van der Waals surface area contributed by atoms with Crippen molar-refractivity contribution in [1.29, 1.82) is 0 Å². The van der Waals surface area contributed by atoms with Gasteiger partial charge >= 0.3 is 0 Å². The highest BCUT2D eigenvalue weighted by Gasteiger charge is 2.24. The predicted octanol–water partition coefficient (Wildman–Crippen LogP) is 1.53. The molecule has 0 spiro atoms. The summed E-state index contributed by atoms with van der Waals surface area (Å²) in [6, 6.07) is 5.81. The van der Waals surface area contributed by atoms with Crippen LogP contribution in [-0.4, -0.2) is 24.2 Å². The number of primary amides is 1. The fourth-order valence-corrected chi connectivity index (χ4v) is 2.69. The number of phenols is 1. The normalized spacial score (nSPS) is 22.4. The van der Waals surface area contributed by atoms with Gasteiger partial charge in [-0.15, -0.1) is 0 Å². The van der Waals surface area contributed by atoms with E-state index < -0.39 is 0 Å². The quantitative estimate of drug-likeness (QED) is 0.762. The molecule has 1 amide bonds. The van der Waals surface area contributed by atoms with Gasteiger partial charge in [0.25, 0.3) is 0 Å². The van der Waals surface area contributed by atoms with Crippen LogP contribution in [0.25, 0.3) is 0 Å². The van der Waals surface area contributed by atoms with Gasteiger partial charge < -0.3 is 20.9 Å². The maximum absolute atomic E-state index is 11.1. The molecule has 0 unspecified atom stereocenters. The Hall–Kier alpha value is -1.75. The molecule has 4 N–H and O–H groups in total. The highest BCUT2D eigenvalue weighted by Crippen LogP contribution is 2.27. The average Bonchev–Trinajstić information content (AvgIpc) is 2.45. The minimum atomic E-state index is -0.177. The van der Waals surface area contributed by atoms with E-state index in [-0.39, 0.29) is 17.6 Å². The summed E-state index contributed by atoms with van der Waals surface area (Å²) >= 11 is 0. The molecule has 20 heavy (non-hydrogen) atoms. The Morgan fingerprint density at radius 1 is 1.40 bits per heavy atom. The summed E-state index contributed by atoms with van der Waals surface area (Å²) in [6.07, 6.45) is 3.66. The van der Waals surface area contributed by atoms with Crippen LogP contribution in [0.1, 0.15) is 31.2 Å². The fraction of sp³-hybridized carbons (Fsp3) is 0.533. The first-order valence-electron chi connectivity index (χ1n) is 6.98. The number of hydrogen-bond donors (Lipinski definition) is 3. The molecular formula is C15H22N2O3. The van der Waals surface area contributed by atoms with Gasteiger partial charge in [-0.1, -0.05) is 6.07 Å². The van der Waals surface area contributed by atoms with Crippen molar-refractivity contribution in [2.75, 3.05) is 7.11 Å². The molecule has 2 rings (SSSR count). The molecular weight excluding hydrogens is 256 g/mol. The lowest BCUT2D eigenvalue weighted by Gasteiger charge is -2.27. The van der Waals surface area contributed by atoms with Gasteiger partial charge in [0.15, 0.2) is 11.5 Å². The van der Waals surface area contributed by atoms with Crippen molar-refractivity contribution in [3.05, 3.63) is 23.8 Å². The number of amides is 1. The van der Waals surface area contributed by atoms with Crippen molar-refractivity contribution in [3.63, 3.8) is 0 Å². The zero-order valence-electron chi connectivity index (χ0n) is 11.8. The number of phenolic OH excluding ortho intramolecular Hbond substituents is 1. The fourth-order valence-electron chi connectivity index (χ4n) is 2.69. The SMILES string of the molecule is COc1ccc(CNC2CCC(C(N)=O)CC2)cc1O. The van der Waals surface area contributed by atoms with Gasteiger partial charge in [-0.05, 0) is 43.4 Å². The van der Waals surface area contributed by atoms with E-state index >= 15 is 0 Å². The number of ether oxygens (including phenoxy) is 1. The van der Waals surface area contributed by atoms with Crippen LogP contribution in [0.15, 0.2) is 18.2 Å². The lowest BCUT2D eigenvalue weighted by molar-refractivity contribution is -0.122. The molecule has 1 fully saturated rings. The third-order valence-corrected chi connectivity index (χ3v) is 3.97. The number of carbonyl (C=O) groups excluding carboxylic acids is 1. The van der Waals surface area contributed by atoms with Gasteiger partial charge in [-0.2, -0.15) is 0 Å². The van der Waals surface area contributed by atoms with E-state index in [2.05, 4.69) is 5.32 Å². The van der Waals surface area contributed by atoms with Crippen LogP contribution >= 0.6 is 0 Å². The second-order valence-corrected chi connectivity index (χ2v) is 5.34. The maximum Gasteiger partial charge on any atom is 0.220 e. The van der Waals surface area contributed by atoms with Crippen LogP contribution in [0.4, 0.5) is 0 Å². The summed E-state index contributed by atoms with van der Waals surface area (Å²) < 4.78 is 5.01. The topological polar surface area (TPSA) is 84.6 Å². The summed E-state index contributed by atoms with van der Waals surface area (Å²) in [4.78, 5) is 11.1. The summed E-state index contributed by atoms with van der Waals surface area (Å²) in [5.74, 6) is 0.501. The number of nitrogens with two attached hydrogens (primary N) is 1. The largest absolute Gasteiger partial charge is 0.504 e. The zero-order valence-corrected chi connectivity index (χ0v) is 11.8. The smallest absolute Gasteiger partial charge is 0.220 e. The number of rotatable bonds is 5. The third-order valence-electron chi connectivity index (χ3n) is 3.97. The van der Waals surface area contributed by atoms with E-state index in [0.717, 1.165) is 31.2 Å². The van der Waals surface area contributed by atoms with Crippen molar-refractivity contribution in [1.82, 2.24) is 5.32 Å². The Morgan fingerprint density at radius 3 is 2.65 bits per heavy atom. The number of aromatic hydroxyl groups is 1. The zero-order chi connectivity index (χ0) is 14.5. The van der Waals surface area contributed by atoms with Crippen LogP contribution in [-0.2, 0) is 11.3 Å². The Labute approximate surface area is 119 Å². The van der Waals surface area contributed by atoms with Crippen LogP contribution in [0.3, 0.4) is 0 Å². The lowest BCUT2D eigenvalue weighted by Crippen LogP contribution is -2.36. The summed E-state index contributed by atoms with van der Waals surface area (Å²) in [5, 5.41) is 13.2. The molecule has 1 aliphatic rings. The van der Waals surface area contributed by atoms with Gasteiger partial charge in [0.2, 0.25) is 5.91 Å². The van der Waals surface area contributed by atoms with E-state index in [1.165, 1.54) is 7.11 Å². The summed E-state index contributed by atoms with van der Waals surface area (Å²) in [5.41, 5.74) is 6.34.